The van der Waals surface area contributed by atoms with E-state index < -0.39 is 13.0 Å². The van der Waals surface area contributed by atoms with Crippen molar-refractivity contribution in [2.24, 2.45) is 4.99 Å². The van der Waals surface area contributed by atoms with Crippen LogP contribution in [0.5, 0.6) is 5.88 Å². The van der Waals surface area contributed by atoms with E-state index in [1.165, 1.54) is 22.5 Å². The number of aliphatic imine (C=N–C) groups is 1. The molecule has 2 aromatic carbocycles. The molecule has 0 spiro atoms. The van der Waals surface area contributed by atoms with E-state index in [0.717, 1.165) is 15.6 Å². The number of ether oxygens (including phenoxy) is 1. The molecular weight excluding hydrogens is 474 g/mol. The molecule has 0 radical (unpaired) electrons. The van der Waals surface area contributed by atoms with Crippen LogP contribution in [0.4, 0.5) is 36.5 Å². The molecule has 178 valence electrons. The van der Waals surface area contributed by atoms with Crippen LogP contribution in [-0.4, -0.2) is 41.7 Å². The van der Waals surface area contributed by atoms with E-state index in [0.29, 0.717) is 28.4 Å². The number of rotatable bonds is 6. The minimum absolute atomic E-state index is 0.0162. The summed E-state index contributed by atoms with van der Waals surface area (Å²) >= 11 is 1.35. The van der Waals surface area contributed by atoms with Crippen molar-refractivity contribution in [2.45, 2.75) is 13.0 Å². The maximum atomic E-state index is 13.9. The molecule has 8 nitrogen and oxygen atoms in total. The molecule has 0 unspecified atom stereocenters. The summed E-state index contributed by atoms with van der Waals surface area (Å²) in [4.78, 5) is 25.4. The molecule has 0 fully saturated rings. The van der Waals surface area contributed by atoms with Crippen molar-refractivity contribution in [1.29, 1.82) is 0 Å². The van der Waals surface area contributed by atoms with Gasteiger partial charge in [0.25, 0.3) is 6.43 Å². The largest absolute Gasteiger partial charge is 0.472 e. The highest BCUT2D eigenvalue weighted by molar-refractivity contribution is 7.13. The molecule has 0 atom stereocenters. The number of amides is 2. The summed E-state index contributed by atoms with van der Waals surface area (Å²) in [5, 5.41) is 0.873. The molecule has 4 aromatic rings. The number of hydrogen-bond acceptors (Lipinski definition) is 7. The average Bonchev–Trinajstić information content (AvgIpc) is 3.32. The van der Waals surface area contributed by atoms with Gasteiger partial charge in [-0.25, -0.2) is 18.5 Å². The third-order valence-corrected chi connectivity index (χ3v) is 6.27. The van der Waals surface area contributed by atoms with Gasteiger partial charge in [0, 0.05) is 53.4 Å². The zero-order valence-electron chi connectivity index (χ0n) is 18.6. The van der Waals surface area contributed by atoms with Gasteiger partial charge in [-0.2, -0.15) is 9.36 Å². The molecule has 0 saturated carbocycles. The van der Waals surface area contributed by atoms with Gasteiger partial charge >= 0.3 is 6.03 Å². The number of urea groups is 1. The number of carbonyl (C=O) groups is 1. The Morgan fingerprint density at radius 3 is 2.83 bits per heavy atom. The molecular formula is C24H20F2N6O2S. The highest BCUT2D eigenvalue weighted by Gasteiger charge is 2.34. The monoisotopic (exact) mass is 494 g/mol. The quantitative estimate of drug-likeness (QED) is 0.292. The summed E-state index contributed by atoms with van der Waals surface area (Å²) < 4.78 is 35.7. The minimum Gasteiger partial charge on any atom is -0.472 e. The molecule has 0 bridgehead atoms. The summed E-state index contributed by atoms with van der Waals surface area (Å²) in [5.41, 5.74) is 9.21. The lowest BCUT2D eigenvalue weighted by Gasteiger charge is -2.36. The first-order valence-electron chi connectivity index (χ1n) is 10.6. The number of hydrogen-bond donors (Lipinski definition) is 1. The number of aromatic nitrogens is 2. The number of halogens is 2. The van der Waals surface area contributed by atoms with E-state index in [1.807, 2.05) is 12.1 Å². The lowest BCUT2D eigenvalue weighted by molar-refractivity contribution is 0.0796. The van der Waals surface area contributed by atoms with Crippen LogP contribution >= 0.6 is 11.5 Å². The Kier molecular flexibility index (Phi) is 6.00. The van der Waals surface area contributed by atoms with Crippen LogP contribution in [0.15, 0.2) is 59.7 Å². The molecule has 2 aromatic heterocycles. The van der Waals surface area contributed by atoms with Crippen LogP contribution in [0.1, 0.15) is 11.1 Å². The second-order valence-electron chi connectivity index (χ2n) is 7.79. The molecule has 0 aliphatic carbocycles. The van der Waals surface area contributed by atoms with E-state index >= 15 is 0 Å². The number of nitrogen functional groups attached to an aromatic ring is 1. The molecule has 35 heavy (non-hydrogen) atoms. The van der Waals surface area contributed by atoms with Gasteiger partial charge in [-0.1, -0.05) is 0 Å². The van der Waals surface area contributed by atoms with E-state index in [1.54, 1.807) is 54.7 Å². The van der Waals surface area contributed by atoms with Crippen LogP contribution in [0.25, 0.3) is 10.1 Å². The van der Waals surface area contributed by atoms with Gasteiger partial charge in [-0.3, -0.25) is 9.89 Å². The Balaban J connectivity index is 1.62. The summed E-state index contributed by atoms with van der Waals surface area (Å²) in [6, 6.07) is 13.7. The average molecular weight is 495 g/mol. The molecule has 5 rings (SSSR count). The summed E-state index contributed by atoms with van der Waals surface area (Å²) in [6.07, 6.45) is 0.716. The standard InChI is InChI=1S/C24H20F2N6O2S/c1-28-10-15-8-17(3-5-19(15)27)31-12-14-2-7-22(34-13-21(25)26)30-23(14)32(24(31)33)18-4-6-20-16(9-18)11-29-35-20/h2-11,21H,12-13,27H2,1H3. The van der Waals surface area contributed by atoms with Gasteiger partial charge < -0.3 is 10.5 Å². The first-order valence-corrected chi connectivity index (χ1v) is 11.4. The smallest absolute Gasteiger partial charge is 0.335 e. The second-order valence-corrected chi connectivity index (χ2v) is 8.62. The number of pyridine rings is 1. The minimum atomic E-state index is -2.64. The third kappa shape index (κ3) is 4.37. The van der Waals surface area contributed by atoms with E-state index in [4.69, 9.17) is 10.5 Å². The van der Waals surface area contributed by atoms with Gasteiger partial charge in [0.1, 0.15) is 5.82 Å². The number of fused-ring (bicyclic) bond motifs is 2. The summed E-state index contributed by atoms with van der Waals surface area (Å²) in [6.45, 7) is -0.562. The molecule has 2 N–H and O–H groups in total. The van der Waals surface area contributed by atoms with E-state index in [9.17, 15) is 13.6 Å². The lowest BCUT2D eigenvalue weighted by Crippen LogP contribution is -2.45. The van der Waals surface area contributed by atoms with Crippen LogP contribution < -0.4 is 20.3 Å². The molecule has 11 heteroatoms. The van der Waals surface area contributed by atoms with Crippen molar-refractivity contribution in [3.8, 4) is 5.88 Å². The van der Waals surface area contributed by atoms with Crippen LogP contribution in [0.2, 0.25) is 0 Å². The predicted octanol–water partition coefficient (Wildman–Crippen LogP) is 5.24. The van der Waals surface area contributed by atoms with Crippen molar-refractivity contribution in [1.82, 2.24) is 9.36 Å². The van der Waals surface area contributed by atoms with Crippen molar-refractivity contribution in [3.63, 3.8) is 0 Å². The Hall–Kier alpha value is -4.12. The third-order valence-electron chi connectivity index (χ3n) is 5.49. The van der Waals surface area contributed by atoms with Crippen molar-refractivity contribution < 1.29 is 18.3 Å². The lowest BCUT2D eigenvalue weighted by atomic mass is 10.1. The highest BCUT2D eigenvalue weighted by Crippen LogP contribution is 2.38. The van der Waals surface area contributed by atoms with Gasteiger partial charge in [0.2, 0.25) is 5.88 Å². The molecule has 1 aliphatic heterocycles. The molecule has 0 saturated heterocycles. The Bertz CT molecular complexity index is 1440. The predicted molar refractivity (Wildman–Crippen MR) is 133 cm³/mol. The number of nitrogens with zero attached hydrogens (tertiary/aromatic N) is 5. The Labute approximate surface area is 203 Å². The first kappa shape index (κ1) is 22.7. The fourth-order valence-electron chi connectivity index (χ4n) is 3.87. The zero-order chi connectivity index (χ0) is 24.5. The number of nitrogens with two attached hydrogens (primary N) is 1. The highest BCUT2D eigenvalue weighted by atomic mass is 32.1. The van der Waals surface area contributed by atoms with Gasteiger partial charge in [-0.15, -0.1) is 0 Å². The van der Waals surface area contributed by atoms with Crippen LogP contribution in [0, 0.1) is 0 Å². The first-order chi connectivity index (χ1) is 16.9. The van der Waals surface area contributed by atoms with Crippen LogP contribution in [-0.2, 0) is 6.54 Å². The topological polar surface area (TPSA) is 96.9 Å². The number of carbonyl (C=O) groups excluding carboxylic acids is 1. The van der Waals surface area contributed by atoms with E-state index in [2.05, 4.69) is 14.3 Å². The summed E-state index contributed by atoms with van der Waals surface area (Å²) in [7, 11) is 1.64. The van der Waals surface area contributed by atoms with Crippen molar-refractivity contribution in [2.75, 3.05) is 29.2 Å². The molecule has 1 aliphatic rings. The summed E-state index contributed by atoms with van der Waals surface area (Å²) in [5.74, 6) is 0.342. The number of benzene rings is 2. The maximum Gasteiger partial charge on any atom is 0.335 e. The zero-order valence-corrected chi connectivity index (χ0v) is 19.4. The SMILES string of the molecule is CN=Cc1cc(N2Cc3ccc(OCC(F)F)nc3N(c3ccc4sncc4c3)C2=O)ccc1N. The molecule has 2 amide bonds. The Morgan fingerprint density at radius 2 is 2.03 bits per heavy atom. The maximum absolute atomic E-state index is 13.9. The Morgan fingerprint density at radius 1 is 1.20 bits per heavy atom. The fourth-order valence-corrected chi connectivity index (χ4v) is 4.49. The number of alkyl halides is 2. The number of anilines is 4. The normalized spacial score (nSPS) is 13.8. The van der Waals surface area contributed by atoms with E-state index in [-0.39, 0.29) is 18.5 Å². The van der Waals surface area contributed by atoms with Crippen molar-refractivity contribution in [3.05, 3.63) is 65.9 Å². The molecule has 3 heterocycles. The fraction of sp³-hybridized carbons (Fsp3) is 0.167. The van der Waals surface area contributed by atoms with Crippen LogP contribution in [0.3, 0.4) is 0 Å². The van der Waals surface area contributed by atoms with Crippen molar-refractivity contribution >= 4 is 56.7 Å². The van der Waals surface area contributed by atoms with Gasteiger partial charge in [0.05, 0.1) is 16.9 Å². The van der Waals surface area contributed by atoms with Gasteiger partial charge in [0.15, 0.2) is 6.61 Å². The second kappa shape index (κ2) is 9.26. The van der Waals surface area contributed by atoms with Gasteiger partial charge in [-0.05, 0) is 54.0 Å².